The summed E-state index contributed by atoms with van der Waals surface area (Å²) in [6, 6.07) is 3.19. The first kappa shape index (κ1) is 20.5. The first-order valence-electron chi connectivity index (χ1n) is 10.7. The van der Waals surface area contributed by atoms with Crippen molar-refractivity contribution in [1.82, 2.24) is 0 Å². The number of amides is 1. The predicted molar refractivity (Wildman–Crippen MR) is 113 cm³/mol. The average molecular weight is 437 g/mol. The molecule has 1 aromatic carbocycles. The highest BCUT2D eigenvalue weighted by atomic mass is 16.3. The van der Waals surface area contributed by atoms with Gasteiger partial charge in [0, 0.05) is 17.9 Å². The molecule has 8 nitrogen and oxygen atoms in total. The number of hydrogen-bond acceptors (Lipinski definition) is 7. The van der Waals surface area contributed by atoms with E-state index in [1.54, 1.807) is 6.07 Å². The number of rotatable bonds is 2. The quantitative estimate of drug-likeness (QED) is 0.443. The molecular weight excluding hydrogens is 414 g/mol. The maximum Gasteiger partial charge on any atom is 0.255 e. The van der Waals surface area contributed by atoms with Crippen LogP contribution >= 0.6 is 0 Å². The van der Waals surface area contributed by atoms with Gasteiger partial charge in [0.1, 0.15) is 22.8 Å². The van der Waals surface area contributed by atoms with Crippen LogP contribution in [0.25, 0.3) is 6.08 Å². The minimum atomic E-state index is -2.53. The standard InChI is InChI=1S/C24H23NO7/c25-23(31)19-16(27)9-13-7-12-8-14-11(6-10-2-1-3-10)4-5-15(26)18(14)20(28)17(12)21(29)24(13,32)22(19)30/h4-6,12-13,26-27,29,32H,1-3,7-9H2,(H2,25,31)/t12-,13+,24+/m1/s1. The molecule has 0 aliphatic heterocycles. The molecule has 8 heteroatoms. The first-order valence-corrected chi connectivity index (χ1v) is 10.7. The molecule has 6 N–H and O–H groups in total. The summed E-state index contributed by atoms with van der Waals surface area (Å²) < 4.78 is 0. The van der Waals surface area contributed by atoms with Gasteiger partial charge in [0.25, 0.3) is 5.91 Å². The molecular formula is C24H23NO7. The number of hydrogen-bond donors (Lipinski definition) is 5. The van der Waals surface area contributed by atoms with E-state index in [0.717, 1.165) is 24.8 Å². The highest BCUT2D eigenvalue weighted by Gasteiger charge is 2.59. The number of carbonyl (C=O) groups excluding carboxylic acids is 3. The van der Waals surface area contributed by atoms with E-state index in [-0.39, 0.29) is 29.7 Å². The fourth-order valence-corrected chi connectivity index (χ4v) is 5.52. The molecule has 0 unspecified atom stereocenters. The summed E-state index contributed by atoms with van der Waals surface area (Å²) in [6.45, 7) is 0. The monoisotopic (exact) mass is 437 g/mol. The van der Waals surface area contributed by atoms with E-state index in [1.165, 1.54) is 11.6 Å². The third-order valence-corrected chi connectivity index (χ3v) is 7.34. The average Bonchev–Trinajstić information content (AvgIpc) is 2.68. The Morgan fingerprint density at radius 3 is 2.47 bits per heavy atom. The summed E-state index contributed by atoms with van der Waals surface area (Å²) in [6.07, 6.45) is 5.35. The molecule has 4 aliphatic carbocycles. The second-order valence-corrected chi connectivity index (χ2v) is 9.09. The lowest BCUT2D eigenvalue weighted by molar-refractivity contribution is -0.144. The number of aromatic hydroxyl groups is 1. The lowest BCUT2D eigenvalue weighted by atomic mass is 9.60. The Kier molecular flexibility index (Phi) is 4.36. The molecule has 1 aromatic rings. The largest absolute Gasteiger partial charge is 0.511 e. The van der Waals surface area contributed by atoms with Crippen LogP contribution in [-0.2, 0) is 16.0 Å². The van der Waals surface area contributed by atoms with Crippen LogP contribution in [0.1, 0.15) is 53.6 Å². The number of benzene rings is 1. The van der Waals surface area contributed by atoms with E-state index < -0.39 is 52.0 Å². The Labute approximate surface area is 183 Å². The van der Waals surface area contributed by atoms with Crippen LogP contribution in [0, 0.1) is 11.8 Å². The van der Waals surface area contributed by atoms with Crippen molar-refractivity contribution in [3.8, 4) is 5.75 Å². The van der Waals surface area contributed by atoms with E-state index >= 15 is 0 Å². The van der Waals surface area contributed by atoms with Gasteiger partial charge < -0.3 is 26.2 Å². The molecule has 0 saturated heterocycles. The molecule has 32 heavy (non-hydrogen) atoms. The van der Waals surface area contributed by atoms with Crippen molar-refractivity contribution in [2.24, 2.45) is 17.6 Å². The fraction of sp³-hybridized carbons (Fsp3) is 0.375. The topological polar surface area (TPSA) is 158 Å². The lowest BCUT2D eigenvalue weighted by Crippen LogP contribution is -2.57. The maximum absolute atomic E-state index is 13.4. The van der Waals surface area contributed by atoms with Gasteiger partial charge in [-0.25, -0.2) is 0 Å². The number of phenols is 1. The summed E-state index contributed by atoms with van der Waals surface area (Å²) in [7, 11) is 0. The van der Waals surface area contributed by atoms with Gasteiger partial charge in [0.15, 0.2) is 11.4 Å². The van der Waals surface area contributed by atoms with Crippen molar-refractivity contribution in [3.05, 3.63) is 57.1 Å². The van der Waals surface area contributed by atoms with E-state index in [1.807, 2.05) is 6.08 Å². The van der Waals surface area contributed by atoms with Crippen molar-refractivity contribution in [2.45, 2.75) is 44.1 Å². The Morgan fingerprint density at radius 1 is 1.12 bits per heavy atom. The maximum atomic E-state index is 13.4. The molecule has 166 valence electrons. The summed E-state index contributed by atoms with van der Waals surface area (Å²) in [4.78, 5) is 38.0. The van der Waals surface area contributed by atoms with Crippen molar-refractivity contribution < 1.29 is 34.8 Å². The summed E-state index contributed by atoms with van der Waals surface area (Å²) in [5.74, 6) is -6.11. The Balaban J connectivity index is 1.66. The molecule has 0 bridgehead atoms. The molecule has 0 aromatic heterocycles. The minimum absolute atomic E-state index is 0.0512. The number of carbonyl (C=O) groups is 3. The molecule has 0 heterocycles. The van der Waals surface area contributed by atoms with Gasteiger partial charge >= 0.3 is 0 Å². The number of aliphatic hydroxyl groups is 3. The first-order chi connectivity index (χ1) is 15.1. The van der Waals surface area contributed by atoms with Crippen LogP contribution in [0.15, 0.2) is 40.4 Å². The van der Waals surface area contributed by atoms with Crippen LogP contribution in [0.3, 0.4) is 0 Å². The van der Waals surface area contributed by atoms with Gasteiger partial charge in [-0.2, -0.15) is 0 Å². The summed E-state index contributed by atoms with van der Waals surface area (Å²) in [5, 5.41) is 42.9. The van der Waals surface area contributed by atoms with Crippen LogP contribution in [0.4, 0.5) is 0 Å². The van der Waals surface area contributed by atoms with Gasteiger partial charge in [-0.15, -0.1) is 0 Å². The van der Waals surface area contributed by atoms with Crippen LogP contribution in [-0.4, -0.2) is 43.5 Å². The van der Waals surface area contributed by atoms with E-state index in [9.17, 15) is 34.8 Å². The predicted octanol–water partition coefficient (Wildman–Crippen LogP) is 2.15. The highest BCUT2D eigenvalue weighted by molar-refractivity contribution is 6.24. The van der Waals surface area contributed by atoms with Crippen molar-refractivity contribution in [3.63, 3.8) is 0 Å². The number of aliphatic hydroxyl groups excluding tert-OH is 2. The van der Waals surface area contributed by atoms with Crippen LogP contribution in [0.2, 0.25) is 0 Å². The second-order valence-electron chi connectivity index (χ2n) is 9.09. The highest BCUT2D eigenvalue weighted by Crippen LogP contribution is 2.51. The zero-order chi connectivity index (χ0) is 22.9. The minimum Gasteiger partial charge on any atom is -0.511 e. The number of nitrogens with two attached hydrogens (primary N) is 1. The van der Waals surface area contributed by atoms with Gasteiger partial charge in [-0.3, -0.25) is 14.4 Å². The number of primary amides is 1. The number of allylic oxidation sites excluding steroid dienone is 3. The van der Waals surface area contributed by atoms with Crippen molar-refractivity contribution in [1.29, 1.82) is 0 Å². The summed E-state index contributed by atoms with van der Waals surface area (Å²) >= 11 is 0. The number of ketones is 2. The number of phenolic OH excluding ortho intramolecular Hbond substituents is 1. The number of fused-ring (bicyclic) bond motifs is 3. The fourth-order valence-electron chi connectivity index (χ4n) is 5.52. The molecule has 4 aliphatic rings. The normalized spacial score (nSPS) is 29.2. The van der Waals surface area contributed by atoms with Gasteiger partial charge in [0.05, 0.1) is 5.56 Å². The molecule has 3 atom stereocenters. The Morgan fingerprint density at radius 2 is 1.84 bits per heavy atom. The zero-order valence-electron chi connectivity index (χ0n) is 17.2. The zero-order valence-corrected chi connectivity index (χ0v) is 17.2. The molecule has 5 rings (SSSR count). The molecule has 0 spiro atoms. The molecule has 1 amide bonds. The third kappa shape index (κ3) is 2.62. The lowest BCUT2D eigenvalue weighted by Gasteiger charge is -2.45. The molecule has 0 radical (unpaired) electrons. The van der Waals surface area contributed by atoms with Crippen LogP contribution in [0.5, 0.6) is 5.75 Å². The van der Waals surface area contributed by atoms with E-state index in [4.69, 9.17) is 5.73 Å². The third-order valence-electron chi connectivity index (χ3n) is 7.34. The molecule has 1 fully saturated rings. The second kappa shape index (κ2) is 6.80. The number of Topliss-reactive ketones (excluding diaryl/α,β-unsaturated/α-hetero) is 2. The van der Waals surface area contributed by atoms with Crippen LogP contribution < -0.4 is 5.73 Å². The van der Waals surface area contributed by atoms with Gasteiger partial charge in [0.2, 0.25) is 5.78 Å². The summed E-state index contributed by atoms with van der Waals surface area (Å²) in [5.41, 5.74) is 4.57. The SMILES string of the molecule is NC(=O)C1=C(O)C[C@@H]2C[C@@H]3Cc4c(C=C5CCC5)ccc(O)c4C(=O)C3=C(O)[C@]2(O)C1=O. The van der Waals surface area contributed by atoms with Crippen molar-refractivity contribution in [2.75, 3.05) is 0 Å². The van der Waals surface area contributed by atoms with Gasteiger partial charge in [-0.05, 0) is 55.2 Å². The Hall–Kier alpha value is -3.39. The Bertz CT molecular complexity index is 1200. The molecule has 1 saturated carbocycles. The van der Waals surface area contributed by atoms with E-state index in [0.29, 0.717) is 12.0 Å². The van der Waals surface area contributed by atoms with Crippen molar-refractivity contribution >= 4 is 23.5 Å². The van der Waals surface area contributed by atoms with E-state index in [2.05, 4.69) is 0 Å². The van der Waals surface area contributed by atoms with Gasteiger partial charge in [-0.1, -0.05) is 17.7 Å². The smallest absolute Gasteiger partial charge is 0.255 e.